The third-order valence-corrected chi connectivity index (χ3v) is 10.2. The Kier molecular flexibility index (Phi) is 16.8. The topological polar surface area (TPSA) is 38.7 Å². The van der Waals surface area contributed by atoms with E-state index in [2.05, 4.69) is 26.8 Å². The summed E-state index contributed by atoms with van der Waals surface area (Å²) >= 11 is 0. The fraction of sp³-hybridized carbons (Fsp3) is 0.750. The number of nitrogens with zero attached hydrogens (tertiary/aromatic N) is 3. The molecule has 0 aromatic carbocycles. The first-order valence-electron chi connectivity index (χ1n) is 17.2. The Labute approximate surface area is 250 Å². The van der Waals surface area contributed by atoms with Gasteiger partial charge in [-0.05, 0) is 42.7 Å². The molecular formula is C36H59N3Si. The zero-order chi connectivity index (χ0) is 28.3. The van der Waals surface area contributed by atoms with E-state index >= 15 is 0 Å². The largest absolute Gasteiger partial charge is 0.266 e. The summed E-state index contributed by atoms with van der Waals surface area (Å²) in [6, 6.07) is 5.44. The van der Waals surface area contributed by atoms with Crippen molar-refractivity contribution in [3.8, 4) is 11.3 Å². The van der Waals surface area contributed by atoms with E-state index < -0.39 is 0 Å². The monoisotopic (exact) mass is 561 g/mol. The van der Waals surface area contributed by atoms with Gasteiger partial charge in [-0.25, -0.2) is 0 Å². The third-order valence-electron chi connectivity index (χ3n) is 8.90. The lowest BCUT2D eigenvalue weighted by molar-refractivity contribution is 0.382. The summed E-state index contributed by atoms with van der Waals surface area (Å²) < 4.78 is 0. The van der Waals surface area contributed by atoms with Crippen molar-refractivity contribution in [2.24, 2.45) is 17.8 Å². The quantitative estimate of drug-likeness (QED) is 0.0945. The van der Waals surface area contributed by atoms with E-state index in [1.807, 2.05) is 24.7 Å². The van der Waals surface area contributed by atoms with Crippen molar-refractivity contribution in [3.05, 3.63) is 36.4 Å². The minimum atomic E-state index is 0.748. The SMILES string of the molecule is CCCCCC(C)CCC(C)CCCC[Si]c1ncccc1-c1cnc(CCCCCCCCCC2CC2)cn1. The molecule has 0 aliphatic heterocycles. The number of aryl methyl sites for hydroxylation is 1. The molecule has 4 heteroatoms. The van der Waals surface area contributed by atoms with Crippen molar-refractivity contribution in [1.82, 2.24) is 15.0 Å². The van der Waals surface area contributed by atoms with E-state index in [0.29, 0.717) is 0 Å². The third kappa shape index (κ3) is 14.4. The second kappa shape index (κ2) is 20.3. The molecule has 222 valence electrons. The zero-order valence-electron chi connectivity index (χ0n) is 26.3. The second-order valence-corrected chi connectivity index (χ2v) is 14.3. The summed E-state index contributed by atoms with van der Waals surface area (Å²) in [5.74, 6) is 2.86. The maximum atomic E-state index is 4.81. The van der Waals surface area contributed by atoms with Crippen LogP contribution in [0.25, 0.3) is 11.3 Å². The van der Waals surface area contributed by atoms with Crippen molar-refractivity contribution in [1.29, 1.82) is 0 Å². The summed E-state index contributed by atoms with van der Waals surface area (Å²) in [6.45, 7) is 7.21. The van der Waals surface area contributed by atoms with Gasteiger partial charge in [-0.2, -0.15) is 0 Å². The van der Waals surface area contributed by atoms with Gasteiger partial charge in [0.1, 0.15) is 9.52 Å². The Bertz CT molecular complexity index is 895. The molecule has 0 amide bonds. The Morgan fingerprint density at radius 1 is 0.750 bits per heavy atom. The fourth-order valence-electron chi connectivity index (χ4n) is 5.83. The van der Waals surface area contributed by atoms with Crippen LogP contribution in [0.5, 0.6) is 0 Å². The molecule has 2 aromatic rings. The molecule has 40 heavy (non-hydrogen) atoms. The molecule has 1 fully saturated rings. The highest BCUT2D eigenvalue weighted by atomic mass is 28.2. The standard InChI is InChI=1S/C36H59N3Si/c1-4-5-11-17-30(2)22-23-31(3)18-14-15-27-40-36-34(21-16-26-37-36)35-29-38-33(28-39-35)20-13-10-8-6-7-9-12-19-32-24-25-32/h16,21,26,28-32H,4-15,17-20,22-25,27H2,1-3H3. The smallest absolute Gasteiger partial charge is 0.108 e. The number of rotatable bonds is 24. The maximum Gasteiger partial charge on any atom is 0.108 e. The lowest BCUT2D eigenvalue weighted by atomic mass is 9.91. The van der Waals surface area contributed by atoms with Crippen molar-refractivity contribution in [2.75, 3.05) is 0 Å². The minimum Gasteiger partial charge on any atom is -0.266 e. The summed E-state index contributed by atoms with van der Waals surface area (Å²) in [4.78, 5) is 14.3. The van der Waals surface area contributed by atoms with Gasteiger partial charge in [0.15, 0.2) is 0 Å². The summed E-state index contributed by atoms with van der Waals surface area (Å²) in [5.41, 5.74) is 3.28. The van der Waals surface area contributed by atoms with E-state index in [-0.39, 0.29) is 0 Å². The molecule has 0 N–H and O–H groups in total. The first-order chi connectivity index (χ1) is 19.7. The van der Waals surface area contributed by atoms with Crippen LogP contribution in [0.15, 0.2) is 30.7 Å². The second-order valence-electron chi connectivity index (χ2n) is 13.0. The lowest BCUT2D eigenvalue weighted by Gasteiger charge is -2.15. The van der Waals surface area contributed by atoms with Gasteiger partial charge in [0.2, 0.25) is 0 Å². The zero-order valence-corrected chi connectivity index (χ0v) is 27.3. The molecule has 0 saturated heterocycles. The van der Waals surface area contributed by atoms with E-state index in [1.54, 1.807) is 0 Å². The van der Waals surface area contributed by atoms with Gasteiger partial charge in [-0.3, -0.25) is 15.0 Å². The molecule has 0 bridgehead atoms. The van der Waals surface area contributed by atoms with E-state index in [1.165, 1.54) is 139 Å². The molecule has 2 atom stereocenters. The normalized spacial score (nSPS) is 14.9. The van der Waals surface area contributed by atoms with Gasteiger partial charge in [0.25, 0.3) is 0 Å². The number of aromatic nitrogens is 3. The summed E-state index contributed by atoms with van der Waals surface area (Å²) in [6.07, 6.45) is 33.5. The predicted octanol–water partition coefficient (Wildman–Crippen LogP) is 10.2. The van der Waals surface area contributed by atoms with Crippen LogP contribution in [-0.4, -0.2) is 24.5 Å². The predicted molar refractivity (Wildman–Crippen MR) is 174 cm³/mol. The van der Waals surface area contributed by atoms with Crippen LogP contribution in [0.1, 0.15) is 148 Å². The van der Waals surface area contributed by atoms with Crippen LogP contribution in [0.2, 0.25) is 6.04 Å². The summed E-state index contributed by atoms with van der Waals surface area (Å²) in [7, 11) is 0.748. The number of hydrogen-bond donors (Lipinski definition) is 0. The molecule has 3 nitrogen and oxygen atoms in total. The first kappa shape index (κ1) is 33.0. The van der Waals surface area contributed by atoms with E-state index in [9.17, 15) is 0 Å². The van der Waals surface area contributed by atoms with E-state index in [4.69, 9.17) is 15.0 Å². The number of pyridine rings is 1. The van der Waals surface area contributed by atoms with Crippen LogP contribution in [-0.2, 0) is 6.42 Å². The average Bonchev–Trinajstić information content (AvgIpc) is 3.80. The molecule has 2 radical (unpaired) electrons. The van der Waals surface area contributed by atoms with Crippen LogP contribution in [0.4, 0.5) is 0 Å². The molecule has 3 rings (SSSR count). The average molecular weight is 562 g/mol. The van der Waals surface area contributed by atoms with E-state index in [0.717, 1.165) is 45.1 Å². The van der Waals surface area contributed by atoms with Crippen molar-refractivity contribution < 1.29 is 0 Å². The Morgan fingerprint density at radius 3 is 2.12 bits per heavy atom. The fourth-order valence-corrected chi connectivity index (χ4v) is 7.06. The van der Waals surface area contributed by atoms with Gasteiger partial charge in [0.05, 0.1) is 17.6 Å². The minimum absolute atomic E-state index is 0.748. The Balaban J connectivity index is 1.27. The van der Waals surface area contributed by atoms with Crippen molar-refractivity contribution >= 4 is 14.8 Å². The van der Waals surface area contributed by atoms with Gasteiger partial charge in [0, 0.05) is 23.3 Å². The molecule has 1 aliphatic rings. The molecule has 1 aliphatic carbocycles. The molecule has 0 spiro atoms. The summed E-state index contributed by atoms with van der Waals surface area (Å²) in [5, 5.41) is 1.20. The van der Waals surface area contributed by atoms with Gasteiger partial charge >= 0.3 is 0 Å². The van der Waals surface area contributed by atoms with Crippen LogP contribution >= 0.6 is 0 Å². The molecular weight excluding hydrogens is 503 g/mol. The molecule has 2 unspecified atom stereocenters. The van der Waals surface area contributed by atoms with Gasteiger partial charge in [-0.1, -0.05) is 142 Å². The highest BCUT2D eigenvalue weighted by Crippen LogP contribution is 2.34. The molecule has 2 heterocycles. The maximum absolute atomic E-state index is 4.81. The van der Waals surface area contributed by atoms with Crippen LogP contribution in [0, 0.1) is 17.8 Å². The number of hydrogen-bond acceptors (Lipinski definition) is 3. The Hall–Kier alpha value is -1.55. The first-order valence-corrected chi connectivity index (χ1v) is 18.4. The lowest BCUT2D eigenvalue weighted by Crippen LogP contribution is -2.21. The molecule has 1 saturated carbocycles. The van der Waals surface area contributed by atoms with Crippen LogP contribution < -0.4 is 5.32 Å². The van der Waals surface area contributed by atoms with Crippen molar-refractivity contribution in [3.63, 3.8) is 0 Å². The Morgan fingerprint density at radius 2 is 1.45 bits per heavy atom. The van der Waals surface area contributed by atoms with Crippen molar-refractivity contribution in [2.45, 2.75) is 155 Å². The van der Waals surface area contributed by atoms with Crippen LogP contribution in [0.3, 0.4) is 0 Å². The number of unbranched alkanes of at least 4 members (excludes halogenated alkanes) is 9. The highest BCUT2D eigenvalue weighted by Gasteiger charge is 2.19. The van der Waals surface area contributed by atoms with Gasteiger partial charge < -0.3 is 0 Å². The molecule has 2 aromatic heterocycles. The highest BCUT2D eigenvalue weighted by molar-refractivity contribution is 6.54. The van der Waals surface area contributed by atoms with Gasteiger partial charge in [-0.15, -0.1) is 0 Å².